The van der Waals surface area contributed by atoms with Gasteiger partial charge in [-0.2, -0.15) is 11.7 Å². The molecule has 11 heavy (non-hydrogen) atoms. The molecule has 0 atom stereocenters. The maximum Gasteiger partial charge on any atom is 0.270 e. The lowest BCUT2D eigenvalue weighted by molar-refractivity contribution is 0.351. The van der Waals surface area contributed by atoms with E-state index in [0.717, 1.165) is 0 Å². The van der Waals surface area contributed by atoms with E-state index < -0.39 is 0 Å². The van der Waals surface area contributed by atoms with Gasteiger partial charge in [0.1, 0.15) is 12.7 Å². The van der Waals surface area contributed by atoms with Crippen molar-refractivity contribution in [2.45, 2.75) is 0 Å². The summed E-state index contributed by atoms with van der Waals surface area (Å²) in [5.41, 5.74) is 11.9. The molecule has 0 saturated carbocycles. The largest absolute Gasteiger partial charge is 0.396 e. The van der Waals surface area contributed by atoms with E-state index in [-0.39, 0.29) is 4.70 Å². The lowest BCUT2D eigenvalue weighted by atomic mass is 10.4. The number of nitrogens with one attached hydrogen (secondary N) is 1. The number of nitrogens with zero attached hydrogens (tertiary/aromatic N) is 1. The third-order valence-electron chi connectivity index (χ3n) is 1.41. The number of nitrogens with two attached hydrogens (primary N) is 4. The third-order valence-corrected chi connectivity index (χ3v) is 1.41. The Kier molecular flexibility index (Phi) is 1.52. The molecule has 0 fully saturated rings. The third kappa shape index (κ3) is 1.27. The second-order valence-corrected chi connectivity index (χ2v) is 2.65. The molecule has 0 bridgehead atoms. The van der Waals surface area contributed by atoms with Crippen LogP contribution in [0.15, 0.2) is 6.20 Å². The molecular weight excluding hydrogens is 144 g/mol. The quantitative estimate of drug-likeness (QED) is 0.201. The SMILES string of the molecule is C[N+](N)(N)c1[nH]cc(N)c1N. The van der Waals surface area contributed by atoms with Gasteiger partial charge in [-0.3, -0.25) is 0 Å². The first-order valence-electron chi connectivity index (χ1n) is 3.09. The molecule has 0 aliphatic carbocycles. The van der Waals surface area contributed by atoms with Gasteiger partial charge >= 0.3 is 0 Å². The van der Waals surface area contributed by atoms with Crippen molar-refractivity contribution in [2.24, 2.45) is 11.7 Å². The monoisotopic (exact) mass is 157 g/mol. The highest BCUT2D eigenvalue weighted by molar-refractivity contribution is 5.75. The molecule has 0 aliphatic heterocycles. The van der Waals surface area contributed by atoms with Crippen LogP contribution in [0.25, 0.3) is 0 Å². The summed E-state index contributed by atoms with van der Waals surface area (Å²) >= 11 is 0. The summed E-state index contributed by atoms with van der Waals surface area (Å²) in [6.07, 6.45) is 1.56. The molecule has 0 spiro atoms. The Bertz CT molecular complexity index is 256. The van der Waals surface area contributed by atoms with E-state index in [2.05, 4.69) is 4.98 Å². The minimum atomic E-state index is -0.344. The molecule has 0 aliphatic rings. The lowest BCUT2D eigenvalue weighted by Gasteiger charge is -2.18. The van der Waals surface area contributed by atoms with Crippen LogP contribution in [-0.4, -0.2) is 12.0 Å². The fourth-order valence-corrected chi connectivity index (χ4v) is 0.837. The maximum absolute atomic E-state index is 5.56. The molecule has 1 aromatic rings. The van der Waals surface area contributed by atoms with Gasteiger partial charge in [-0.25, -0.2) is 0 Å². The second-order valence-electron chi connectivity index (χ2n) is 2.65. The topological polar surface area (TPSA) is 120 Å². The average molecular weight is 157 g/mol. The maximum atomic E-state index is 5.56. The van der Waals surface area contributed by atoms with Crippen molar-refractivity contribution < 1.29 is 0 Å². The van der Waals surface area contributed by atoms with Crippen molar-refractivity contribution in [1.82, 2.24) is 9.69 Å². The van der Waals surface area contributed by atoms with Crippen LogP contribution in [0, 0.1) is 0 Å². The molecule has 1 rings (SSSR count). The van der Waals surface area contributed by atoms with Crippen molar-refractivity contribution in [3.63, 3.8) is 0 Å². The fourth-order valence-electron chi connectivity index (χ4n) is 0.837. The van der Waals surface area contributed by atoms with Gasteiger partial charge in [0.05, 0.1) is 5.69 Å². The van der Waals surface area contributed by atoms with Crippen molar-refractivity contribution in [2.75, 3.05) is 18.5 Å². The number of nitrogen functional groups attached to an aromatic ring is 2. The van der Waals surface area contributed by atoms with E-state index in [9.17, 15) is 0 Å². The Morgan fingerprint density at radius 2 is 1.91 bits per heavy atom. The van der Waals surface area contributed by atoms with Crippen LogP contribution in [0.3, 0.4) is 0 Å². The number of aromatic amines is 1. The van der Waals surface area contributed by atoms with Gasteiger partial charge in [0.25, 0.3) is 5.82 Å². The Balaban J connectivity index is 3.15. The van der Waals surface area contributed by atoms with Crippen LogP contribution in [0.5, 0.6) is 0 Å². The van der Waals surface area contributed by atoms with E-state index in [1.807, 2.05) is 0 Å². The van der Waals surface area contributed by atoms with Gasteiger partial charge in [-0.05, 0) is 0 Å². The highest BCUT2D eigenvalue weighted by atomic mass is 15.8. The van der Waals surface area contributed by atoms with E-state index in [1.165, 1.54) is 0 Å². The molecule has 0 aromatic carbocycles. The van der Waals surface area contributed by atoms with Crippen LogP contribution < -0.4 is 27.9 Å². The molecular formula is C5H13N6+. The van der Waals surface area contributed by atoms with Crippen LogP contribution in [0.4, 0.5) is 17.2 Å². The van der Waals surface area contributed by atoms with Crippen LogP contribution in [0.2, 0.25) is 0 Å². The van der Waals surface area contributed by atoms with Crippen LogP contribution in [0.1, 0.15) is 0 Å². The Morgan fingerprint density at radius 1 is 1.36 bits per heavy atom. The zero-order valence-electron chi connectivity index (χ0n) is 6.33. The second kappa shape index (κ2) is 2.12. The summed E-state index contributed by atoms with van der Waals surface area (Å²) in [5, 5.41) is 0. The zero-order valence-corrected chi connectivity index (χ0v) is 6.33. The number of rotatable bonds is 1. The normalized spacial score (nSPS) is 11.9. The minimum absolute atomic E-state index is 0.344. The molecule has 1 heterocycles. The van der Waals surface area contributed by atoms with Crippen molar-refractivity contribution in [1.29, 1.82) is 0 Å². The highest BCUT2D eigenvalue weighted by Crippen LogP contribution is 2.26. The first kappa shape index (κ1) is 7.86. The first-order valence-corrected chi connectivity index (χ1v) is 3.09. The summed E-state index contributed by atoms with van der Waals surface area (Å²) in [6, 6.07) is 0. The number of aromatic nitrogens is 1. The molecule has 62 valence electrons. The van der Waals surface area contributed by atoms with Gasteiger partial charge in [0.2, 0.25) is 0 Å². The van der Waals surface area contributed by atoms with E-state index in [0.29, 0.717) is 17.2 Å². The molecule has 0 saturated heterocycles. The van der Waals surface area contributed by atoms with Crippen molar-refractivity contribution in [3.8, 4) is 0 Å². The average Bonchev–Trinajstić information content (AvgIpc) is 2.11. The van der Waals surface area contributed by atoms with Gasteiger partial charge in [-0.1, -0.05) is 0 Å². The lowest BCUT2D eigenvalue weighted by Crippen LogP contribution is -2.59. The number of quaternary nitrogens is 1. The number of hydrogen-bond acceptors (Lipinski definition) is 4. The predicted octanol–water partition coefficient (Wildman–Crippen LogP) is -1.14. The predicted molar refractivity (Wildman–Crippen MR) is 45.7 cm³/mol. The van der Waals surface area contributed by atoms with Crippen molar-refractivity contribution >= 4 is 17.2 Å². The van der Waals surface area contributed by atoms with E-state index in [4.69, 9.17) is 23.2 Å². The van der Waals surface area contributed by atoms with Crippen molar-refractivity contribution in [3.05, 3.63) is 6.20 Å². The molecule has 6 nitrogen and oxygen atoms in total. The minimum Gasteiger partial charge on any atom is -0.396 e. The summed E-state index contributed by atoms with van der Waals surface area (Å²) in [4.78, 5) is 2.79. The van der Waals surface area contributed by atoms with Crippen LogP contribution >= 0.6 is 0 Å². The highest BCUT2D eigenvalue weighted by Gasteiger charge is 2.21. The molecule has 0 amide bonds. The van der Waals surface area contributed by atoms with Gasteiger partial charge in [0, 0.05) is 6.20 Å². The molecule has 6 heteroatoms. The standard InChI is InChI=1S/C5H13N6/c1-11(8,9)5-4(7)3(6)2-10-5/h2,10H,6-9H2,1H3/q+1. The Hall–Kier alpha value is -1.24. The molecule has 0 radical (unpaired) electrons. The van der Waals surface area contributed by atoms with Crippen LogP contribution in [-0.2, 0) is 0 Å². The molecule has 0 unspecified atom stereocenters. The van der Waals surface area contributed by atoms with Gasteiger partial charge in [-0.15, -0.1) is 4.70 Å². The smallest absolute Gasteiger partial charge is 0.270 e. The summed E-state index contributed by atoms with van der Waals surface area (Å²) in [6.45, 7) is 0. The number of hydrogen-bond donors (Lipinski definition) is 5. The first-order chi connectivity index (χ1) is 4.93. The zero-order chi connectivity index (χ0) is 8.65. The van der Waals surface area contributed by atoms with Gasteiger partial charge in [0.15, 0.2) is 0 Å². The number of anilines is 2. The van der Waals surface area contributed by atoms with E-state index in [1.54, 1.807) is 13.2 Å². The number of H-pyrrole nitrogens is 1. The van der Waals surface area contributed by atoms with E-state index >= 15 is 0 Å². The summed E-state index contributed by atoms with van der Waals surface area (Å²) < 4.78 is -0.344. The molecule has 1 aromatic heterocycles. The Morgan fingerprint density at radius 3 is 2.09 bits per heavy atom. The Labute approximate surface area is 64.3 Å². The summed E-state index contributed by atoms with van der Waals surface area (Å²) in [7, 11) is 1.58. The molecule has 9 N–H and O–H groups in total. The fraction of sp³-hybridized carbons (Fsp3) is 0.200. The van der Waals surface area contributed by atoms with Gasteiger partial charge < -0.3 is 16.5 Å². The summed E-state index contributed by atoms with van der Waals surface area (Å²) in [5.74, 6) is 11.5.